The fourth-order valence-corrected chi connectivity index (χ4v) is 3.41. The largest absolute Gasteiger partial charge is 0.573 e. The molecule has 2 rings (SSSR count). The van der Waals surface area contributed by atoms with Crippen LogP contribution in [0, 0.1) is 17.2 Å². The van der Waals surface area contributed by atoms with Crippen molar-refractivity contribution in [2.24, 2.45) is 5.92 Å². The standard InChI is InChI=1S/C19H20F3N3O2S/c1-12(2)9-16(18(26)24-8-7-23)25-17-11-28-10-15(17)13-3-5-14(6-4-13)27-19(20,21)22/h3-6,10-12,16,25H,8-9H2,1-2H3,(H,24,26)/t16-/m0/s1. The lowest BCUT2D eigenvalue weighted by Gasteiger charge is -2.21. The molecule has 0 bridgehead atoms. The molecular weight excluding hydrogens is 391 g/mol. The van der Waals surface area contributed by atoms with E-state index in [1.165, 1.54) is 35.6 Å². The van der Waals surface area contributed by atoms with E-state index in [0.29, 0.717) is 17.7 Å². The molecule has 1 atom stereocenters. The van der Waals surface area contributed by atoms with Gasteiger partial charge < -0.3 is 15.4 Å². The minimum absolute atomic E-state index is 0.0771. The average molecular weight is 411 g/mol. The quantitative estimate of drug-likeness (QED) is 0.613. The van der Waals surface area contributed by atoms with Crippen molar-refractivity contribution in [3.63, 3.8) is 0 Å². The summed E-state index contributed by atoms with van der Waals surface area (Å²) in [5.41, 5.74) is 2.16. The number of halogens is 3. The Balaban J connectivity index is 2.19. The third-order valence-electron chi connectivity index (χ3n) is 3.76. The molecule has 1 amide bonds. The second-order valence-corrected chi connectivity index (χ2v) is 7.22. The fraction of sp³-hybridized carbons (Fsp3) is 0.368. The van der Waals surface area contributed by atoms with Crippen LogP contribution >= 0.6 is 11.3 Å². The van der Waals surface area contributed by atoms with Gasteiger partial charge in [0, 0.05) is 16.3 Å². The Hall–Kier alpha value is -2.73. The van der Waals surface area contributed by atoms with E-state index < -0.39 is 12.4 Å². The zero-order chi connectivity index (χ0) is 20.7. The monoisotopic (exact) mass is 411 g/mol. The van der Waals surface area contributed by atoms with Gasteiger partial charge in [0.05, 0.1) is 11.8 Å². The minimum atomic E-state index is -4.74. The molecule has 0 aliphatic heterocycles. The van der Waals surface area contributed by atoms with Gasteiger partial charge in [-0.2, -0.15) is 5.26 Å². The molecule has 1 aromatic carbocycles. The first-order chi connectivity index (χ1) is 13.2. The van der Waals surface area contributed by atoms with E-state index in [9.17, 15) is 18.0 Å². The molecule has 5 nitrogen and oxygen atoms in total. The molecule has 0 saturated carbocycles. The maximum absolute atomic E-state index is 12.3. The summed E-state index contributed by atoms with van der Waals surface area (Å²) in [6.45, 7) is 3.90. The van der Waals surface area contributed by atoms with Crippen LogP contribution in [0.2, 0.25) is 0 Å². The van der Waals surface area contributed by atoms with Crippen LogP contribution in [0.5, 0.6) is 5.75 Å². The molecule has 150 valence electrons. The van der Waals surface area contributed by atoms with Gasteiger partial charge in [0.1, 0.15) is 18.3 Å². The van der Waals surface area contributed by atoms with Crippen LogP contribution < -0.4 is 15.4 Å². The maximum Gasteiger partial charge on any atom is 0.573 e. The molecule has 9 heteroatoms. The van der Waals surface area contributed by atoms with Crippen molar-refractivity contribution in [3.8, 4) is 22.9 Å². The molecule has 1 aromatic heterocycles. The van der Waals surface area contributed by atoms with Gasteiger partial charge in [-0.1, -0.05) is 26.0 Å². The Kier molecular flexibility index (Phi) is 7.29. The average Bonchev–Trinajstić information content (AvgIpc) is 3.06. The Morgan fingerprint density at radius 1 is 1.25 bits per heavy atom. The third kappa shape index (κ3) is 6.46. The topological polar surface area (TPSA) is 74.2 Å². The number of carbonyl (C=O) groups is 1. The lowest BCUT2D eigenvalue weighted by molar-refractivity contribution is -0.274. The molecular formula is C19H20F3N3O2S. The van der Waals surface area contributed by atoms with Gasteiger partial charge in [0.15, 0.2) is 0 Å². The molecule has 0 aliphatic rings. The van der Waals surface area contributed by atoms with Gasteiger partial charge >= 0.3 is 6.36 Å². The molecule has 2 N–H and O–H groups in total. The SMILES string of the molecule is CC(C)C[C@H](Nc1cscc1-c1ccc(OC(F)(F)F)cc1)C(=O)NCC#N. The van der Waals surface area contributed by atoms with Crippen LogP contribution in [-0.2, 0) is 4.79 Å². The summed E-state index contributed by atoms with van der Waals surface area (Å²) in [5, 5.41) is 18.1. The van der Waals surface area contributed by atoms with E-state index in [-0.39, 0.29) is 24.1 Å². The van der Waals surface area contributed by atoms with Gasteiger partial charge in [0.25, 0.3) is 0 Å². The molecule has 0 radical (unpaired) electrons. The van der Waals surface area contributed by atoms with Crippen molar-refractivity contribution in [1.29, 1.82) is 5.26 Å². The summed E-state index contributed by atoms with van der Waals surface area (Å²) in [6, 6.07) is 6.89. The highest BCUT2D eigenvalue weighted by Crippen LogP contribution is 2.34. The number of alkyl halides is 3. The molecule has 0 spiro atoms. The van der Waals surface area contributed by atoms with E-state index in [4.69, 9.17) is 5.26 Å². The van der Waals surface area contributed by atoms with E-state index >= 15 is 0 Å². The zero-order valence-corrected chi connectivity index (χ0v) is 16.2. The number of ether oxygens (including phenoxy) is 1. The molecule has 0 fully saturated rings. The number of carbonyl (C=O) groups excluding carboxylic acids is 1. The number of benzene rings is 1. The number of hydrogen-bond acceptors (Lipinski definition) is 5. The molecule has 2 aromatic rings. The number of nitriles is 1. The van der Waals surface area contributed by atoms with Crippen LogP contribution in [0.25, 0.3) is 11.1 Å². The van der Waals surface area contributed by atoms with E-state index in [0.717, 1.165) is 5.56 Å². The van der Waals surface area contributed by atoms with E-state index in [1.54, 1.807) is 0 Å². The number of thiophene rings is 1. The van der Waals surface area contributed by atoms with Gasteiger partial charge in [-0.05, 0) is 30.0 Å². The summed E-state index contributed by atoms with van der Waals surface area (Å²) < 4.78 is 40.8. The lowest BCUT2D eigenvalue weighted by atomic mass is 10.0. The van der Waals surface area contributed by atoms with Crippen LogP contribution in [-0.4, -0.2) is 24.9 Å². The van der Waals surface area contributed by atoms with Crippen molar-refractivity contribution in [1.82, 2.24) is 5.32 Å². The maximum atomic E-state index is 12.3. The third-order valence-corrected chi connectivity index (χ3v) is 4.50. The summed E-state index contributed by atoms with van der Waals surface area (Å²) in [6.07, 6.45) is -4.18. The number of nitrogens with zero attached hydrogens (tertiary/aromatic N) is 1. The second kappa shape index (κ2) is 9.46. The van der Waals surface area contributed by atoms with Crippen LogP contribution in [0.4, 0.5) is 18.9 Å². The first-order valence-electron chi connectivity index (χ1n) is 8.53. The number of amides is 1. The zero-order valence-electron chi connectivity index (χ0n) is 15.3. The molecule has 0 unspecified atom stereocenters. The smallest absolute Gasteiger partial charge is 0.406 e. The number of nitrogens with one attached hydrogen (secondary N) is 2. The predicted octanol–water partition coefficient (Wildman–Crippen LogP) is 4.78. The van der Waals surface area contributed by atoms with E-state index in [1.807, 2.05) is 30.7 Å². The van der Waals surface area contributed by atoms with Crippen LogP contribution in [0.3, 0.4) is 0 Å². The predicted molar refractivity (Wildman–Crippen MR) is 102 cm³/mol. The lowest BCUT2D eigenvalue weighted by Crippen LogP contribution is -2.40. The Morgan fingerprint density at radius 3 is 2.50 bits per heavy atom. The van der Waals surface area contributed by atoms with Gasteiger partial charge in [-0.15, -0.1) is 24.5 Å². The Labute approximate surface area is 165 Å². The Bertz CT molecular complexity index is 826. The summed E-state index contributed by atoms with van der Waals surface area (Å²) in [4.78, 5) is 12.3. The number of anilines is 1. The highest BCUT2D eigenvalue weighted by Gasteiger charge is 2.31. The van der Waals surface area contributed by atoms with Crippen molar-refractivity contribution in [2.75, 3.05) is 11.9 Å². The summed E-state index contributed by atoms with van der Waals surface area (Å²) in [7, 11) is 0. The fourth-order valence-electron chi connectivity index (χ4n) is 2.61. The van der Waals surface area contributed by atoms with Crippen LogP contribution in [0.1, 0.15) is 20.3 Å². The van der Waals surface area contributed by atoms with Gasteiger partial charge in [-0.25, -0.2) is 0 Å². The van der Waals surface area contributed by atoms with Crippen LogP contribution in [0.15, 0.2) is 35.0 Å². The van der Waals surface area contributed by atoms with Crippen molar-refractivity contribution in [3.05, 3.63) is 35.0 Å². The summed E-state index contributed by atoms with van der Waals surface area (Å²) >= 11 is 1.41. The van der Waals surface area contributed by atoms with Gasteiger partial charge in [0.2, 0.25) is 5.91 Å². The van der Waals surface area contributed by atoms with Crippen molar-refractivity contribution >= 4 is 22.9 Å². The first kappa shape index (κ1) is 21.6. The number of rotatable bonds is 8. The molecule has 0 saturated heterocycles. The van der Waals surface area contributed by atoms with Crippen molar-refractivity contribution in [2.45, 2.75) is 32.7 Å². The number of hydrogen-bond donors (Lipinski definition) is 2. The highest BCUT2D eigenvalue weighted by molar-refractivity contribution is 7.08. The minimum Gasteiger partial charge on any atom is -0.406 e. The summed E-state index contributed by atoms with van der Waals surface area (Å²) in [5.74, 6) is -0.331. The normalized spacial score (nSPS) is 12.3. The molecule has 0 aliphatic carbocycles. The van der Waals surface area contributed by atoms with Crippen molar-refractivity contribution < 1.29 is 22.7 Å². The first-order valence-corrected chi connectivity index (χ1v) is 9.47. The van der Waals surface area contributed by atoms with E-state index in [2.05, 4.69) is 15.4 Å². The van der Waals surface area contributed by atoms with Gasteiger partial charge in [-0.3, -0.25) is 4.79 Å². The Morgan fingerprint density at radius 2 is 1.93 bits per heavy atom. The molecule has 28 heavy (non-hydrogen) atoms. The molecule has 1 heterocycles. The second-order valence-electron chi connectivity index (χ2n) is 6.47. The highest BCUT2D eigenvalue weighted by atomic mass is 32.1.